The molecule has 1 aromatic carbocycles. The maximum atomic E-state index is 5.31. The van der Waals surface area contributed by atoms with Gasteiger partial charge in [-0.1, -0.05) is 12.1 Å². The lowest BCUT2D eigenvalue weighted by Gasteiger charge is -2.09. The molecule has 29 heavy (non-hydrogen) atoms. The minimum atomic E-state index is 0.479. The Morgan fingerprint density at radius 1 is 1.07 bits per heavy atom. The fraction of sp³-hybridized carbons (Fsp3) is 0.238. The first kappa shape index (κ1) is 18.7. The maximum absolute atomic E-state index is 5.31. The molecule has 8 heteroatoms. The first-order valence-electron chi connectivity index (χ1n) is 9.42. The van der Waals surface area contributed by atoms with Crippen molar-refractivity contribution in [1.82, 2.24) is 24.6 Å². The molecule has 0 aliphatic rings. The van der Waals surface area contributed by atoms with Gasteiger partial charge >= 0.3 is 0 Å². The molecule has 0 aliphatic heterocycles. The molecule has 0 atom stereocenters. The van der Waals surface area contributed by atoms with E-state index >= 15 is 0 Å². The summed E-state index contributed by atoms with van der Waals surface area (Å²) in [6, 6.07) is 13.7. The number of pyridine rings is 1. The number of rotatable bonds is 7. The molecule has 148 valence electrons. The third-order valence-electron chi connectivity index (χ3n) is 4.54. The molecule has 0 unspecified atom stereocenters. The molecule has 0 aliphatic carbocycles. The molecule has 0 saturated heterocycles. The second kappa shape index (κ2) is 8.14. The van der Waals surface area contributed by atoms with E-state index < -0.39 is 0 Å². The monoisotopic (exact) mass is 389 g/mol. The van der Waals surface area contributed by atoms with Crippen LogP contribution in [0.2, 0.25) is 0 Å². The summed E-state index contributed by atoms with van der Waals surface area (Å²) >= 11 is 0. The fourth-order valence-electron chi connectivity index (χ4n) is 3.01. The summed E-state index contributed by atoms with van der Waals surface area (Å²) in [5.74, 6) is 2.62. The molecule has 0 saturated carbocycles. The number of methoxy groups -OCH3 is 1. The first-order valence-corrected chi connectivity index (χ1v) is 9.42. The lowest BCUT2D eigenvalue weighted by atomic mass is 10.2. The van der Waals surface area contributed by atoms with E-state index in [1.807, 2.05) is 56.3 Å². The average Bonchev–Trinajstić information content (AvgIpc) is 3.12. The van der Waals surface area contributed by atoms with Crippen LogP contribution < -0.4 is 15.4 Å². The molecule has 2 N–H and O–H groups in total. The Hall–Kier alpha value is -3.68. The van der Waals surface area contributed by atoms with Gasteiger partial charge in [-0.25, -0.2) is 4.98 Å². The summed E-state index contributed by atoms with van der Waals surface area (Å²) in [5.41, 5.74) is 3.87. The zero-order valence-corrected chi connectivity index (χ0v) is 16.7. The zero-order valence-electron chi connectivity index (χ0n) is 16.7. The van der Waals surface area contributed by atoms with Crippen LogP contribution in [0, 0.1) is 13.8 Å². The van der Waals surface area contributed by atoms with Crippen LogP contribution in [0.5, 0.6) is 5.75 Å². The molecule has 4 rings (SSSR count). The number of nitrogens with zero attached hydrogens (tertiary/aromatic N) is 5. The number of aryl methyl sites for hydroxylation is 2. The van der Waals surface area contributed by atoms with Crippen LogP contribution in [-0.4, -0.2) is 38.2 Å². The Morgan fingerprint density at radius 3 is 2.76 bits per heavy atom. The predicted octanol–water partition coefficient (Wildman–Crippen LogP) is 3.54. The molecule has 8 nitrogen and oxygen atoms in total. The minimum absolute atomic E-state index is 0.479. The number of nitrogens with one attached hydrogen (secondary N) is 2. The van der Waals surface area contributed by atoms with Gasteiger partial charge in [0.2, 0.25) is 5.95 Å². The van der Waals surface area contributed by atoms with Gasteiger partial charge in [0.05, 0.1) is 7.11 Å². The van der Waals surface area contributed by atoms with E-state index in [0.717, 1.165) is 47.2 Å². The number of hydrogen-bond donors (Lipinski definition) is 2. The van der Waals surface area contributed by atoms with Gasteiger partial charge in [0.15, 0.2) is 0 Å². The maximum Gasteiger partial charge on any atom is 0.256 e. The van der Waals surface area contributed by atoms with Gasteiger partial charge in [0.25, 0.3) is 5.78 Å². The van der Waals surface area contributed by atoms with Crippen LogP contribution >= 0.6 is 0 Å². The topological polar surface area (TPSA) is 89.3 Å². The summed E-state index contributed by atoms with van der Waals surface area (Å²) in [6.07, 6.45) is 2.62. The van der Waals surface area contributed by atoms with Crippen LogP contribution in [0.25, 0.3) is 5.78 Å². The van der Waals surface area contributed by atoms with Gasteiger partial charge < -0.3 is 15.4 Å². The van der Waals surface area contributed by atoms with E-state index in [1.165, 1.54) is 0 Å². The van der Waals surface area contributed by atoms with E-state index in [-0.39, 0.29) is 0 Å². The van der Waals surface area contributed by atoms with E-state index in [1.54, 1.807) is 17.8 Å². The largest absolute Gasteiger partial charge is 0.497 e. The Labute approximate surface area is 169 Å². The highest BCUT2D eigenvalue weighted by Gasteiger charge is 2.11. The highest BCUT2D eigenvalue weighted by atomic mass is 16.5. The molecule has 3 aromatic heterocycles. The highest BCUT2D eigenvalue weighted by molar-refractivity contribution is 5.62. The normalized spacial score (nSPS) is 10.9. The Kier molecular flexibility index (Phi) is 5.24. The van der Waals surface area contributed by atoms with Crippen molar-refractivity contribution in [3.63, 3.8) is 0 Å². The summed E-state index contributed by atoms with van der Waals surface area (Å²) in [6.45, 7) is 4.69. The molecular formula is C21H23N7O. The fourth-order valence-corrected chi connectivity index (χ4v) is 3.01. The standard InChI is InChI=1S/C21H23N7O/c1-14-7-8-17(29-3)13-18(14)25-20-26-21-24-15(2)12-19(28(21)27-20)23-11-9-16-6-4-5-10-22-16/h4-8,10,12-13,23H,9,11H2,1-3H3,(H,25,27). The molecule has 0 radical (unpaired) electrons. The minimum Gasteiger partial charge on any atom is -0.497 e. The molecular weight excluding hydrogens is 366 g/mol. The molecule has 0 bridgehead atoms. The second-order valence-corrected chi connectivity index (χ2v) is 6.73. The van der Waals surface area contributed by atoms with Crippen molar-refractivity contribution in [2.75, 3.05) is 24.3 Å². The summed E-state index contributed by atoms with van der Waals surface area (Å²) in [4.78, 5) is 13.4. The van der Waals surface area contributed by atoms with E-state index in [0.29, 0.717) is 11.7 Å². The predicted molar refractivity (Wildman–Crippen MR) is 113 cm³/mol. The lowest BCUT2D eigenvalue weighted by Crippen LogP contribution is -2.10. The number of fused-ring (bicyclic) bond motifs is 1. The Balaban J connectivity index is 1.56. The number of aromatic nitrogens is 5. The molecule has 3 heterocycles. The van der Waals surface area contributed by atoms with Crippen LogP contribution in [-0.2, 0) is 6.42 Å². The first-order chi connectivity index (χ1) is 14.1. The highest BCUT2D eigenvalue weighted by Crippen LogP contribution is 2.24. The van der Waals surface area contributed by atoms with Crippen LogP contribution in [0.4, 0.5) is 17.5 Å². The average molecular weight is 389 g/mol. The van der Waals surface area contributed by atoms with Gasteiger partial charge in [0.1, 0.15) is 11.6 Å². The van der Waals surface area contributed by atoms with Crippen LogP contribution in [0.3, 0.4) is 0 Å². The van der Waals surface area contributed by atoms with Crippen LogP contribution in [0.1, 0.15) is 17.0 Å². The van der Waals surface area contributed by atoms with E-state index in [2.05, 4.69) is 30.7 Å². The lowest BCUT2D eigenvalue weighted by molar-refractivity contribution is 0.415. The quantitative estimate of drug-likeness (QED) is 0.500. The Morgan fingerprint density at radius 2 is 1.97 bits per heavy atom. The smallest absolute Gasteiger partial charge is 0.256 e. The number of ether oxygens (including phenoxy) is 1. The van der Waals surface area contributed by atoms with Gasteiger partial charge in [0, 0.05) is 48.4 Å². The summed E-state index contributed by atoms with van der Waals surface area (Å²) < 4.78 is 7.02. The summed E-state index contributed by atoms with van der Waals surface area (Å²) in [7, 11) is 1.65. The van der Waals surface area contributed by atoms with Crippen molar-refractivity contribution in [1.29, 1.82) is 0 Å². The number of benzene rings is 1. The third-order valence-corrected chi connectivity index (χ3v) is 4.54. The van der Waals surface area contributed by atoms with Gasteiger partial charge in [-0.2, -0.15) is 9.50 Å². The molecule has 0 fully saturated rings. The van der Waals surface area contributed by atoms with Gasteiger partial charge in [-0.05, 0) is 37.6 Å². The third kappa shape index (κ3) is 4.26. The van der Waals surface area contributed by atoms with Crippen molar-refractivity contribution in [3.05, 3.63) is 65.6 Å². The molecule has 0 spiro atoms. The summed E-state index contributed by atoms with van der Waals surface area (Å²) in [5, 5.41) is 11.3. The molecule has 4 aromatic rings. The van der Waals surface area contributed by atoms with Crippen molar-refractivity contribution < 1.29 is 4.74 Å². The van der Waals surface area contributed by atoms with E-state index in [9.17, 15) is 0 Å². The van der Waals surface area contributed by atoms with Crippen molar-refractivity contribution in [3.8, 4) is 5.75 Å². The SMILES string of the molecule is COc1ccc(C)c(Nc2nc3nc(C)cc(NCCc4ccccn4)n3n2)c1. The number of anilines is 3. The molecule has 0 amide bonds. The second-order valence-electron chi connectivity index (χ2n) is 6.73. The van der Waals surface area contributed by atoms with Crippen LogP contribution in [0.15, 0.2) is 48.7 Å². The van der Waals surface area contributed by atoms with E-state index in [4.69, 9.17) is 4.74 Å². The Bertz CT molecular complexity index is 1120. The van der Waals surface area contributed by atoms with Crippen molar-refractivity contribution >= 4 is 23.2 Å². The number of hydrogen-bond acceptors (Lipinski definition) is 7. The zero-order chi connectivity index (χ0) is 20.2. The van der Waals surface area contributed by atoms with Gasteiger partial charge in [-0.15, -0.1) is 5.10 Å². The van der Waals surface area contributed by atoms with Crippen molar-refractivity contribution in [2.45, 2.75) is 20.3 Å². The van der Waals surface area contributed by atoms with Crippen molar-refractivity contribution in [2.24, 2.45) is 0 Å². The van der Waals surface area contributed by atoms with Gasteiger partial charge in [-0.3, -0.25) is 4.98 Å².